The van der Waals surface area contributed by atoms with Crippen molar-refractivity contribution >= 4 is 80.6 Å². The molecule has 3 rings (SSSR count). The number of halogens is 3. The Morgan fingerprint density at radius 3 is 1.67 bits per heavy atom. The van der Waals surface area contributed by atoms with Crippen LogP contribution in [0.5, 0.6) is 11.5 Å². The van der Waals surface area contributed by atoms with Gasteiger partial charge < -0.3 is 14.2 Å². The summed E-state index contributed by atoms with van der Waals surface area (Å²) in [4.78, 5) is 39.9. The van der Waals surface area contributed by atoms with Crippen molar-refractivity contribution in [2.45, 2.75) is 43.9 Å². The summed E-state index contributed by atoms with van der Waals surface area (Å²) in [5.41, 5.74) is 4.78. The maximum Gasteiger partial charge on any atom is 0.426 e. The molecule has 19 heteroatoms. The fourth-order valence-corrected chi connectivity index (χ4v) is 5.90. The average Bonchev–Trinajstić information content (AvgIpc) is 3.02. The molecule has 0 aliphatic carbocycles. The van der Waals surface area contributed by atoms with E-state index in [0.717, 1.165) is 46.0 Å². The number of carbonyl (C=O) groups is 3. The van der Waals surface area contributed by atoms with Gasteiger partial charge in [-0.3, -0.25) is 4.55 Å². The lowest BCUT2D eigenvalue weighted by atomic mass is 9.78. The van der Waals surface area contributed by atoms with Crippen molar-refractivity contribution in [3.63, 3.8) is 0 Å². The molecule has 0 saturated heterocycles. The molecule has 0 heterocycles. The van der Waals surface area contributed by atoms with Crippen molar-refractivity contribution in [3.05, 3.63) is 87.0 Å². The van der Waals surface area contributed by atoms with Crippen LogP contribution in [0.3, 0.4) is 0 Å². The second kappa shape index (κ2) is 16.0. The first kappa shape index (κ1) is 38.6. The summed E-state index contributed by atoms with van der Waals surface area (Å²) in [7, 11) is 6.09. The minimum atomic E-state index is -5.36. The molecule has 0 aromatic heterocycles. The number of benzene rings is 3. The fraction of sp³-hybridized carbons (Fsp3) is 0.276. The van der Waals surface area contributed by atoms with Crippen LogP contribution in [0.4, 0.5) is 13.2 Å². The lowest BCUT2D eigenvalue weighted by Gasteiger charge is -2.20. The molecular formula is C29H33B6F3O9S. The van der Waals surface area contributed by atoms with E-state index in [1.807, 2.05) is 51.4 Å². The molecule has 0 fully saturated rings. The van der Waals surface area contributed by atoms with E-state index in [4.69, 9.17) is 14.0 Å². The second-order valence-corrected chi connectivity index (χ2v) is 12.6. The van der Waals surface area contributed by atoms with Crippen LogP contribution in [0, 0.1) is 0 Å². The number of hydrogen-bond acceptors (Lipinski definition) is 8. The van der Waals surface area contributed by atoms with Crippen LogP contribution >= 0.6 is 0 Å². The van der Waals surface area contributed by atoms with Crippen LogP contribution in [0.1, 0.15) is 58.9 Å². The largest absolute Gasteiger partial charge is 0.448 e. The molecule has 3 aromatic rings. The van der Waals surface area contributed by atoms with Crippen molar-refractivity contribution < 1.29 is 54.7 Å². The average molecular weight is 680 g/mol. The third-order valence-electron chi connectivity index (χ3n) is 7.86. The van der Waals surface area contributed by atoms with Crippen LogP contribution in [0.25, 0.3) is 0 Å². The van der Waals surface area contributed by atoms with Crippen molar-refractivity contribution in [2.24, 2.45) is 0 Å². The van der Waals surface area contributed by atoms with E-state index < -0.39 is 51.6 Å². The van der Waals surface area contributed by atoms with Gasteiger partial charge in [-0.25, -0.2) is 14.4 Å². The third kappa shape index (κ3) is 9.85. The number of alkyl halides is 3. The van der Waals surface area contributed by atoms with Crippen LogP contribution in [-0.4, -0.2) is 96.0 Å². The first-order valence-electron chi connectivity index (χ1n) is 15.5. The predicted molar refractivity (Wildman–Crippen MR) is 190 cm³/mol. The molecule has 3 aromatic carbocycles. The molecule has 1 N–H and O–H groups in total. The molecule has 0 amide bonds. The lowest BCUT2D eigenvalue weighted by Crippen LogP contribution is -2.39. The van der Waals surface area contributed by atoms with E-state index in [9.17, 15) is 36.0 Å². The van der Waals surface area contributed by atoms with Gasteiger partial charge >= 0.3 is 24.1 Å². The molecule has 0 radical (unpaired) electrons. The van der Waals surface area contributed by atoms with E-state index >= 15 is 0 Å². The minimum Gasteiger partial charge on any atom is -0.448 e. The maximum atomic E-state index is 13.6. The summed E-state index contributed by atoms with van der Waals surface area (Å²) >= 11 is 0. The van der Waals surface area contributed by atoms with Crippen molar-refractivity contribution in [2.75, 3.05) is 5.75 Å². The molecule has 0 aliphatic heterocycles. The fourth-order valence-electron chi connectivity index (χ4n) is 5.26. The highest BCUT2D eigenvalue weighted by Gasteiger charge is 2.45. The molecule has 0 aliphatic rings. The molecule has 0 spiro atoms. The summed E-state index contributed by atoms with van der Waals surface area (Å²) < 4.78 is 87.8. The molecule has 248 valence electrons. The highest BCUT2D eigenvalue weighted by atomic mass is 32.2. The Balaban J connectivity index is 2.11. The Kier molecular flexibility index (Phi) is 12.9. The first-order valence-corrected chi connectivity index (χ1v) is 17.1. The SMILES string of the molecule is BCc1cc(CB)c(B)c(C(=O)Oc2cc(OC(=O)c3cc(CB)cc(CB)c3CB)cc(C(=O)OC(CS(=O)(=O)O)C(F)(F)F)c2)c1. The predicted octanol–water partition coefficient (Wildman–Crippen LogP) is -1.98. The van der Waals surface area contributed by atoms with Crippen molar-refractivity contribution in [1.29, 1.82) is 0 Å². The zero-order valence-electron chi connectivity index (χ0n) is 27.6. The summed E-state index contributed by atoms with van der Waals surface area (Å²) in [6.07, 6.45) is -5.57. The Morgan fingerprint density at radius 1 is 0.708 bits per heavy atom. The Hall–Kier alpha value is -3.84. The standard InChI is InChI=1S/C29H33B6F3O9S/c30-8-14-1-17(10-32)23(12-34)21(3-14)27(40)45-19-5-16(26(39)47-24(29(36,37)38)13-48(42,43)44)6-20(7-19)46-28(41)22-4-15(9-31)2-18(11-33)25(22)35/h1-7,24H,8-13,30-35H2,(H,42,43,44). The van der Waals surface area contributed by atoms with Gasteiger partial charge in [0, 0.05) is 6.07 Å². The van der Waals surface area contributed by atoms with Gasteiger partial charge in [0.1, 0.15) is 64.3 Å². The van der Waals surface area contributed by atoms with E-state index in [1.165, 1.54) is 0 Å². The number of rotatable bonds is 13. The number of esters is 3. The lowest BCUT2D eigenvalue weighted by molar-refractivity contribution is -0.197. The molecular weight excluding hydrogens is 646 g/mol. The van der Waals surface area contributed by atoms with Gasteiger partial charge in [0.25, 0.3) is 10.1 Å². The quantitative estimate of drug-likeness (QED) is 0.0946. The van der Waals surface area contributed by atoms with Crippen LogP contribution < -0.4 is 14.9 Å². The van der Waals surface area contributed by atoms with Gasteiger partial charge in [0.15, 0.2) is 0 Å². The summed E-state index contributed by atoms with van der Waals surface area (Å²) in [6, 6.07) is 10.2. The Bertz CT molecular complexity index is 1820. The monoisotopic (exact) mass is 680 g/mol. The van der Waals surface area contributed by atoms with E-state index in [-0.39, 0.29) is 22.6 Å². The zero-order valence-corrected chi connectivity index (χ0v) is 28.4. The molecule has 48 heavy (non-hydrogen) atoms. The highest BCUT2D eigenvalue weighted by Crippen LogP contribution is 2.30. The van der Waals surface area contributed by atoms with Gasteiger partial charge in [-0.2, -0.15) is 21.6 Å². The topological polar surface area (TPSA) is 133 Å². The molecule has 9 nitrogen and oxygen atoms in total. The zero-order chi connectivity index (χ0) is 36.0. The number of hydrogen-bond donors (Lipinski definition) is 1. The summed E-state index contributed by atoms with van der Waals surface area (Å²) in [6.45, 7) is 0. The van der Waals surface area contributed by atoms with Gasteiger partial charge in [0.05, 0.1) is 16.7 Å². The number of ether oxygens (including phenoxy) is 3. The van der Waals surface area contributed by atoms with Gasteiger partial charge in [-0.05, 0) is 29.8 Å². The second-order valence-electron chi connectivity index (χ2n) is 11.1. The van der Waals surface area contributed by atoms with Crippen LogP contribution in [0.15, 0.2) is 42.5 Å². The molecule has 1 unspecified atom stereocenters. The smallest absolute Gasteiger partial charge is 0.426 e. The first-order chi connectivity index (χ1) is 22.4. The maximum absolute atomic E-state index is 13.6. The number of carbonyl (C=O) groups excluding carboxylic acids is 3. The summed E-state index contributed by atoms with van der Waals surface area (Å²) in [5, 5.41) is 0. The van der Waals surface area contributed by atoms with Gasteiger partial charge in [0.2, 0.25) is 6.10 Å². The Labute approximate surface area is 282 Å². The van der Waals surface area contributed by atoms with Crippen molar-refractivity contribution in [3.8, 4) is 11.5 Å². The van der Waals surface area contributed by atoms with Gasteiger partial charge in [-0.15, -0.1) is 0 Å². The Morgan fingerprint density at radius 2 is 1.21 bits per heavy atom. The van der Waals surface area contributed by atoms with Crippen LogP contribution in [0.2, 0.25) is 0 Å². The normalized spacial score (nSPS) is 12.2. The third-order valence-corrected chi connectivity index (χ3v) is 8.59. The molecule has 0 bridgehead atoms. The van der Waals surface area contributed by atoms with E-state index in [1.54, 1.807) is 20.0 Å². The van der Waals surface area contributed by atoms with Gasteiger partial charge in [-0.1, -0.05) is 71.5 Å². The van der Waals surface area contributed by atoms with E-state index in [2.05, 4.69) is 4.74 Å². The molecule has 0 saturated carbocycles. The van der Waals surface area contributed by atoms with Crippen LogP contribution in [-0.2, 0) is 46.5 Å². The van der Waals surface area contributed by atoms with Crippen molar-refractivity contribution in [1.82, 2.24) is 0 Å². The highest BCUT2D eigenvalue weighted by molar-refractivity contribution is 7.85. The van der Waals surface area contributed by atoms with E-state index in [0.29, 0.717) is 37.1 Å². The molecule has 1 atom stereocenters. The summed E-state index contributed by atoms with van der Waals surface area (Å²) in [5.74, 6) is -5.99. The minimum absolute atomic E-state index is 0.221.